The molecule has 0 radical (unpaired) electrons. The van der Waals surface area contributed by atoms with Gasteiger partial charge in [-0.15, -0.1) is 0 Å². The van der Waals surface area contributed by atoms with Crippen molar-refractivity contribution in [1.29, 1.82) is 0 Å². The first-order valence-electron chi connectivity index (χ1n) is 8.01. The lowest BCUT2D eigenvalue weighted by molar-refractivity contribution is -0.129. The van der Waals surface area contributed by atoms with Crippen LogP contribution in [-0.2, 0) is 4.79 Å². The Morgan fingerprint density at radius 2 is 2.14 bits per heavy atom. The molecule has 2 aliphatic rings. The quantitative estimate of drug-likeness (QED) is 0.798. The lowest BCUT2D eigenvalue weighted by Gasteiger charge is -2.37. The Balaban J connectivity index is 1.82. The first kappa shape index (κ1) is 16.4. The van der Waals surface area contributed by atoms with Gasteiger partial charge in [0, 0.05) is 38.0 Å². The number of allylic oxidation sites excluding steroid dienone is 2. The molecule has 1 aliphatic carbocycles. The Bertz CT molecular complexity index is 423. The lowest BCUT2D eigenvalue weighted by Crippen LogP contribution is -2.37. The molecule has 0 bridgehead atoms. The molecule has 0 saturated carbocycles. The van der Waals surface area contributed by atoms with Crippen LogP contribution in [0.2, 0.25) is 0 Å². The number of thioether (sulfide) groups is 1. The second-order valence-corrected chi connectivity index (χ2v) is 6.87. The van der Waals surface area contributed by atoms with Gasteiger partial charge in [0.25, 0.3) is 5.24 Å². The summed E-state index contributed by atoms with van der Waals surface area (Å²) in [5, 5.41) is 0.125. The maximum Gasteiger partial charge on any atom is 0.285 e. The Hall–Kier alpha value is -0.970. The number of rotatable bonds is 4. The molecule has 1 atom stereocenters. The van der Waals surface area contributed by atoms with Gasteiger partial charge in [0.15, 0.2) is 0 Å². The van der Waals surface area contributed by atoms with E-state index in [1.165, 1.54) is 36.7 Å². The molecule has 4 nitrogen and oxygen atoms in total. The van der Waals surface area contributed by atoms with E-state index in [1.807, 2.05) is 11.8 Å². The fourth-order valence-electron chi connectivity index (χ4n) is 3.04. The van der Waals surface area contributed by atoms with Crippen molar-refractivity contribution >= 4 is 22.9 Å². The first-order valence-corrected chi connectivity index (χ1v) is 9.00. The zero-order valence-corrected chi connectivity index (χ0v) is 14.0. The van der Waals surface area contributed by atoms with Crippen LogP contribution in [0.25, 0.3) is 0 Å². The van der Waals surface area contributed by atoms with E-state index in [4.69, 9.17) is 0 Å². The largest absolute Gasteiger partial charge is 0.346 e. The third-order valence-corrected chi connectivity index (χ3v) is 5.31. The number of nitrogens with zero attached hydrogens (tertiary/aromatic N) is 2. The van der Waals surface area contributed by atoms with Crippen LogP contribution in [0, 0.1) is 5.92 Å². The van der Waals surface area contributed by atoms with Gasteiger partial charge in [0.2, 0.25) is 5.91 Å². The number of likely N-dealkylation sites (tertiary alicyclic amines) is 1. The number of amides is 2. The molecular formula is C16H26N2O2S. The Labute approximate surface area is 131 Å². The highest BCUT2D eigenvalue weighted by Crippen LogP contribution is 2.36. The average Bonchev–Trinajstić information content (AvgIpc) is 2.53. The number of piperidine rings is 1. The third kappa shape index (κ3) is 4.25. The Kier molecular flexibility index (Phi) is 6.15. The molecule has 5 heteroatoms. The monoisotopic (exact) mass is 310 g/mol. The van der Waals surface area contributed by atoms with Crippen molar-refractivity contribution in [2.45, 2.75) is 45.4 Å². The molecule has 1 saturated heterocycles. The van der Waals surface area contributed by atoms with E-state index < -0.39 is 0 Å². The summed E-state index contributed by atoms with van der Waals surface area (Å²) in [7, 11) is 1.80. The maximum absolute atomic E-state index is 12.4. The van der Waals surface area contributed by atoms with Gasteiger partial charge in [-0.2, -0.15) is 0 Å². The van der Waals surface area contributed by atoms with Crippen molar-refractivity contribution in [3.8, 4) is 0 Å². The smallest absolute Gasteiger partial charge is 0.285 e. The van der Waals surface area contributed by atoms with E-state index in [0.29, 0.717) is 18.1 Å². The number of carbonyl (C=O) groups excluding carboxylic acids is 2. The van der Waals surface area contributed by atoms with Crippen molar-refractivity contribution in [3.05, 3.63) is 11.8 Å². The van der Waals surface area contributed by atoms with Crippen molar-refractivity contribution < 1.29 is 9.59 Å². The maximum atomic E-state index is 12.4. The Morgan fingerprint density at radius 1 is 1.38 bits per heavy atom. The van der Waals surface area contributed by atoms with Crippen molar-refractivity contribution in [2.75, 3.05) is 25.9 Å². The van der Waals surface area contributed by atoms with E-state index >= 15 is 0 Å². The van der Waals surface area contributed by atoms with E-state index in [1.54, 1.807) is 11.9 Å². The van der Waals surface area contributed by atoms with Crippen molar-refractivity contribution in [3.63, 3.8) is 0 Å². The van der Waals surface area contributed by atoms with Crippen LogP contribution in [0.1, 0.15) is 45.4 Å². The molecule has 1 heterocycles. The first-order chi connectivity index (χ1) is 10.1. The predicted molar refractivity (Wildman–Crippen MR) is 87.1 cm³/mol. The fourth-order valence-corrected chi connectivity index (χ4v) is 3.85. The van der Waals surface area contributed by atoms with Gasteiger partial charge in [-0.1, -0.05) is 17.8 Å². The van der Waals surface area contributed by atoms with Gasteiger partial charge in [-0.05, 0) is 44.9 Å². The molecule has 2 amide bonds. The topological polar surface area (TPSA) is 40.6 Å². The summed E-state index contributed by atoms with van der Waals surface area (Å²) < 4.78 is 0. The standard InChI is InChI=1S/C16H26N2O2S/c1-3-17(2)15(19)10-12-21-16(20)18-11-6-8-13-7-4-5-9-14(13)18/h9,13H,3-8,10-12H2,1-2H3. The van der Waals surface area contributed by atoms with Crippen LogP contribution in [0.5, 0.6) is 0 Å². The summed E-state index contributed by atoms with van der Waals surface area (Å²) in [6.45, 7) is 3.52. The van der Waals surface area contributed by atoms with E-state index in [9.17, 15) is 9.59 Å². The highest BCUT2D eigenvalue weighted by Gasteiger charge is 2.30. The Morgan fingerprint density at radius 3 is 2.90 bits per heavy atom. The number of hydrogen-bond donors (Lipinski definition) is 0. The molecular weight excluding hydrogens is 284 g/mol. The molecule has 2 rings (SSSR count). The normalized spacial score (nSPS) is 21.5. The summed E-state index contributed by atoms with van der Waals surface area (Å²) >= 11 is 1.29. The summed E-state index contributed by atoms with van der Waals surface area (Å²) in [6, 6.07) is 0. The molecule has 21 heavy (non-hydrogen) atoms. The average molecular weight is 310 g/mol. The van der Waals surface area contributed by atoms with Gasteiger partial charge >= 0.3 is 0 Å². The van der Waals surface area contributed by atoms with Crippen LogP contribution in [-0.4, -0.2) is 46.8 Å². The van der Waals surface area contributed by atoms with Crippen LogP contribution >= 0.6 is 11.8 Å². The van der Waals surface area contributed by atoms with Crippen LogP contribution in [0.15, 0.2) is 11.8 Å². The summed E-state index contributed by atoms with van der Waals surface area (Å²) in [6.07, 6.45) is 8.59. The van der Waals surface area contributed by atoms with Crippen molar-refractivity contribution in [1.82, 2.24) is 9.80 Å². The summed E-state index contributed by atoms with van der Waals surface area (Å²) in [4.78, 5) is 27.8. The van der Waals surface area contributed by atoms with Gasteiger partial charge in [0.05, 0.1) is 0 Å². The molecule has 0 aromatic heterocycles. The third-order valence-electron chi connectivity index (χ3n) is 4.44. The van der Waals surface area contributed by atoms with Gasteiger partial charge in [0.1, 0.15) is 0 Å². The van der Waals surface area contributed by atoms with Crippen molar-refractivity contribution in [2.24, 2.45) is 5.92 Å². The molecule has 0 N–H and O–H groups in total. The number of fused-ring (bicyclic) bond motifs is 1. The zero-order chi connectivity index (χ0) is 15.2. The van der Waals surface area contributed by atoms with Crippen LogP contribution < -0.4 is 0 Å². The molecule has 1 fully saturated rings. The van der Waals surface area contributed by atoms with E-state index in [0.717, 1.165) is 25.9 Å². The van der Waals surface area contributed by atoms with E-state index in [2.05, 4.69) is 6.08 Å². The molecule has 118 valence electrons. The molecule has 0 aromatic carbocycles. The predicted octanol–water partition coefficient (Wildman–Crippen LogP) is 3.49. The molecule has 1 aliphatic heterocycles. The zero-order valence-electron chi connectivity index (χ0n) is 13.1. The van der Waals surface area contributed by atoms with Gasteiger partial charge < -0.3 is 9.80 Å². The minimum Gasteiger partial charge on any atom is -0.346 e. The van der Waals surface area contributed by atoms with Gasteiger partial charge in [-0.25, -0.2) is 0 Å². The highest BCUT2D eigenvalue weighted by molar-refractivity contribution is 8.13. The SMILES string of the molecule is CCN(C)C(=O)CCSC(=O)N1CCCC2CCCC=C21. The highest BCUT2D eigenvalue weighted by atomic mass is 32.2. The number of hydrogen-bond acceptors (Lipinski definition) is 3. The molecule has 1 unspecified atom stereocenters. The second-order valence-electron chi connectivity index (χ2n) is 5.82. The molecule has 0 aromatic rings. The van der Waals surface area contributed by atoms with Crippen LogP contribution in [0.4, 0.5) is 4.79 Å². The summed E-state index contributed by atoms with van der Waals surface area (Å²) in [5.41, 5.74) is 1.25. The second kappa shape index (κ2) is 7.87. The van der Waals surface area contributed by atoms with Crippen LogP contribution in [0.3, 0.4) is 0 Å². The molecule has 0 spiro atoms. The number of carbonyl (C=O) groups is 2. The summed E-state index contributed by atoms with van der Waals surface area (Å²) in [5.74, 6) is 1.28. The fraction of sp³-hybridized carbons (Fsp3) is 0.750. The lowest BCUT2D eigenvalue weighted by atomic mass is 9.85. The minimum absolute atomic E-state index is 0.117. The van der Waals surface area contributed by atoms with Gasteiger partial charge in [-0.3, -0.25) is 9.59 Å². The van der Waals surface area contributed by atoms with E-state index in [-0.39, 0.29) is 11.1 Å². The minimum atomic E-state index is 0.117.